The third kappa shape index (κ3) is 56.3. The van der Waals surface area contributed by atoms with Crippen LogP contribution in [0.2, 0.25) is 0 Å². The third-order valence-corrected chi connectivity index (χ3v) is 15.0. The Labute approximate surface area is 442 Å². The zero-order valence-corrected chi connectivity index (χ0v) is 48.8. The van der Waals surface area contributed by atoms with Crippen LogP contribution in [0.3, 0.4) is 0 Å². The van der Waals surface area contributed by atoms with Crippen molar-refractivity contribution in [2.75, 3.05) is 40.9 Å². The van der Waals surface area contributed by atoms with E-state index in [2.05, 4.69) is 43.5 Å². The summed E-state index contributed by atoms with van der Waals surface area (Å²) in [6.07, 6.45) is 69.6. The minimum absolute atomic E-state index is 0.00725. The molecule has 0 aliphatic heterocycles. The summed E-state index contributed by atoms with van der Waals surface area (Å²) >= 11 is 0. The molecule has 0 heterocycles. The molecule has 0 rings (SSSR count). The molecule has 71 heavy (non-hydrogen) atoms. The summed E-state index contributed by atoms with van der Waals surface area (Å²) in [6.45, 7) is 4.67. The van der Waals surface area contributed by atoms with Gasteiger partial charge >= 0.3 is 0 Å². The topological polar surface area (TPSA) is 108 Å². The highest BCUT2D eigenvalue weighted by Crippen LogP contribution is 2.38. The number of unbranched alkanes of at least 4 members (excludes halogenated alkanes) is 40. The van der Waals surface area contributed by atoms with Gasteiger partial charge in [0.2, 0.25) is 5.91 Å². The molecule has 0 aromatic carbocycles. The van der Waals surface area contributed by atoms with Crippen molar-refractivity contribution >= 4 is 13.7 Å². The summed E-state index contributed by atoms with van der Waals surface area (Å²) in [6, 6.07) is -0.908. The van der Waals surface area contributed by atoms with Gasteiger partial charge in [0, 0.05) is 6.42 Å². The van der Waals surface area contributed by atoms with Crippen LogP contribution < -0.4 is 10.2 Å². The molecule has 9 heteroatoms. The van der Waals surface area contributed by atoms with Crippen LogP contribution in [0.5, 0.6) is 0 Å². The fourth-order valence-electron chi connectivity index (χ4n) is 9.25. The van der Waals surface area contributed by atoms with Crippen LogP contribution in [0.15, 0.2) is 36.5 Å². The number of likely N-dealkylation sites (N-methyl/N-ethyl adjacent to an activating group) is 1. The van der Waals surface area contributed by atoms with Gasteiger partial charge in [0.15, 0.2) is 0 Å². The van der Waals surface area contributed by atoms with Gasteiger partial charge in [-0.05, 0) is 44.9 Å². The first kappa shape index (κ1) is 69.7. The lowest BCUT2D eigenvalue weighted by atomic mass is 10.0. The summed E-state index contributed by atoms with van der Waals surface area (Å²) in [5, 5.41) is 13.9. The Morgan fingerprint density at radius 2 is 0.789 bits per heavy atom. The van der Waals surface area contributed by atoms with Crippen molar-refractivity contribution < 1.29 is 32.9 Å². The number of aliphatic hydroxyl groups excluding tert-OH is 1. The van der Waals surface area contributed by atoms with Crippen LogP contribution in [0, 0.1) is 0 Å². The fourth-order valence-corrected chi connectivity index (χ4v) is 9.97. The molecule has 0 saturated carbocycles. The lowest BCUT2D eigenvalue weighted by molar-refractivity contribution is -0.870. The molecular formula is C62H121N2O6P. The van der Waals surface area contributed by atoms with Gasteiger partial charge in [0.05, 0.1) is 39.9 Å². The van der Waals surface area contributed by atoms with E-state index < -0.39 is 26.6 Å². The van der Waals surface area contributed by atoms with Crippen molar-refractivity contribution in [3.63, 3.8) is 0 Å². The lowest BCUT2D eigenvalue weighted by Crippen LogP contribution is -2.45. The molecular weight excluding hydrogens is 900 g/mol. The monoisotopic (exact) mass is 1020 g/mol. The summed E-state index contributed by atoms with van der Waals surface area (Å²) in [5.74, 6) is -0.205. The quantitative estimate of drug-likeness (QED) is 0.0272. The number of allylic oxidation sites excluding steroid dienone is 5. The predicted molar refractivity (Wildman–Crippen MR) is 307 cm³/mol. The minimum atomic E-state index is -4.61. The summed E-state index contributed by atoms with van der Waals surface area (Å²) in [4.78, 5) is 25.5. The molecule has 0 aliphatic rings. The van der Waals surface area contributed by atoms with Gasteiger partial charge in [0.25, 0.3) is 7.82 Å². The first-order valence-electron chi connectivity index (χ1n) is 30.9. The molecule has 1 amide bonds. The molecule has 0 saturated heterocycles. The SMILES string of the molecule is CCCCCCCCCCCCCCCCC/C=C/CC/C=C/CC/C=C/C(O)C(COP(=O)([O-])OCC[N+](C)(C)C)NC(=O)CCCCCCCCCCCCCCCCCCCCCCCCCC. The highest BCUT2D eigenvalue weighted by Gasteiger charge is 2.23. The summed E-state index contributed by atoms with van der Waals surface area (Å²) in [7, 11) is 1.25. The van der Waals surface area contributed by atoms with Crippen LogP contribution in [-0.2, 0) is 18.4 Å². The van der Waals surface area contributed by atoms with Crippen LogP contribution in [0.25, 0.3) is 0 Å². The number of amides is 1. The zero-order valence-electron chi connectivity index (χ0n) is 47.9. The van der Waals surface area contributed by atoms with E-state index in [0.717, 1.165) is 44.9 Å². The molecule has 3 unspecified atom stereocenters. The Morgan fingerprint density at radius 1 is 0.479 bits per heavy atom. The molecule has 3 atom stereocenters. The standard InChI is InChI=1S/C62H121N2O6P/c1-6-8-10-12-14-16-18-20-22-24-26-28-30-32-33-35-37-39-41-43-45-47-49-51-53-55-61(65)60(59-70-71(67,68)69-58-57-64(3,4)5)63-62(66)56-54-52-50-48-46-44-42-40-38-36-34-31-29-27-25-23-21-19-17-15-13-11-9-7-2/h37,39,45,47,53,55,60-61,65H,6-36,38,40-44,46,48-52,54,56-59H2,1-5H3,(H-,63,66,67,68)/b39-37+,47-45+,55-53+. The fraction of sp³-hybridized carbons (Fsp3) is 0.887. The Kier molecular flexibility index (Phi) is 52.6. The van der Waals surface area contributed by atoms with Gasteiger partial charge < -0.3 is 28.8 Å². The molecule has 0 spiro atoms. The molecule has 0 aromatic rings. The lowest BCUT2D eigenvalue weighted by Gasteiger charge is -2.29. The van der Waals surface area contributed by atoms with Gasteiger partial charge in [-0.1, -0.05) is 288 Å². The van der Waals surface area contributed by atoms with Crippen LogP contribution in [0.4, 0.5) is 0 Å². The number of carbonyl (C=O) groups excluding carboxylic acids is 1. The maximum atomic E-state index is 13.0. The largest absolute Gasteiger partial charge is 0.756 e. The number of nitrogens with zero attached hydrogens (tertiary/aromatic N) is 1. The van der Waals surface area contributed by atoms with Crippen LogP contribution >= 0.6 is 7.82 Å². The predicted octanol–water partition coefficient (Wildman–Crippen LogP) is 18.3. The van der Waals surface area contributed by atoms with E-state index in [-0.39, 0.29) is 12.5 Å². The van der Waals surface area contributed by atoms with Crippen molar-refractivity contribution in [1.29, 1.82) is 0 Å². The Bertz CT molecular complexity index is 1250. The number of nitrogens with one attached hydrogen (secondary N) is 1. The molecule has 2 N–H and O–H groups in total. The van der Waals surface area contributed by atoms with Gasteiger partial charge in [-0.25, -0.2) is 0 Å². The van der Waals surface area contributed by atoms with Gasteiger partial charge in [0.1, 0.15) is 13.2 Å². The van der Waals surface area contributed by atoms with Crippen molar-refractivity contribution in [2.45, 2.75) is 315 Å². The molecule has 8 nitrogen and oxygen atoms in total. The number of quaternary nitrogens is 1. The highest BCUT2D eigenvalue weighted by atomic mass is 31.2. The van der Waals surface area contributed by atoms with E-state index in [1.165, 1.54) is 238 Å². The van der Waals surface area contributed by atoms with Crippen LogP contribution in [0.1, 0.15) is 303 Å². The number of phosphoric acid groups is 1. The van der Waals surface area contributed by atoms with Crippen LogP contribution in [-0.4, -0.2) is 68.5 Å². The summed E-state index contributed by atoms with van der Waals surface area (Å²) < 4.78 is 23.4. The first-order chi connectivity index (χ1) is 34.5. The summed E-state index contributed by atoms with van der Waals surface area (Å²) in [5.41, 5.74) is 0. The van der Waals surface area contributed by atoms with E-state index in [1.807, 2.05) is 27.2 Å². The number of carbonyl (C=O) groups is 1. The number of rotatable bonds is 57. The normalized spacial score (nSPS) is 14.1. The maximum absolute atomic E-state index is 13.0. The molecule has 420 valence electrons. The second-order valence-electron chi connectivity index (χ2n) is 22.4. The van der Waals surface area contributed by atoms with Crippen molar-refractivity contribution in [2.24, 2.45) is 0 Å². The molecule has 0 fully saturated rings. The van der Waals surface area contributed by atoms with E-state index >= 15 is 0 Å². The minimum Gasteiger partial charge on any atom is -0.756 e. The number of hydrogen-bond donors (Lipinski definition) is 2. The van der Waals surface area contributed by atoms with Crippen molar-refractivity contribution in [3.8, 4) is 0 Å². The van der Waals surface area contributed by atoms with E-state index in [9.17, 15) is 19.4 Å². The number of phosphoric ester groups is 1. The Balaban J connectivity index is 4.21. The zero-order chi connectivity index (χ0) is 52.0. The second kappa shape index (κ2) is 53.5. The van der Waals surface area contributed by atoms with E-state index in [4.69, 9.17) is 9.05 Å². The average molecular weight is 1020 g/mol. The molecule has 0 aromatic heterocycles. The van der Waals surface area contributed by atoms with Gasteiger partial charge in [-0.3, -0.25) is 9.36 Å². The molecule has 0 radical (unpaired) electrons. The third-order valence-electron chi connectivity index (χ3n) is 14.1. The Hall–Kier alpha value is -1.28. The van der Waals surface area contributed by atoms with Crippen molar-refractivity contribution in [1.82, 2.24) is 5.32 Å². The van der Waals surface area contributed by atoms with E-state index in [1.54, 1.807) is 6.08 Å². The van der Waals surface area contributed by atoms with E-state index in [0.29, 0.717) is 17.4 Å². The van der Waals surface area contributed by atoms with Gasteiger partial charge in [-0.2, -0.15) is 0 Å². The Morgan fingerprint density at radius 3 is 1.14 bits per heavy atom. The smallest absolute Gasteiger partial charge is 0.268 e. The van der Waals surface area contributed by atoms with Crippen molar-refractivity contribution in [3.05, 3.63) is 36.5 Å². The maximum Gasteiger partial charge on any atom is 0.268 e. The average Bonchev–Trinajstić information content (AvgIpc) is 3.33. The highest BCUT2D eigenvalue weighted by molar-refractivity contribution is 7.45. The second-order valence-corrected chi connectivity index (χ2v) is 23.8. The first-order valence-corrected chi connectivity index (χ1v) is 32.3. The number of hydrogen-bond acceptors (Lipinski definition) is 6. The number of aliphatic hydroxyl groups is 1. The molecule has 0 aliphatic carbocycles. The van der Waals surface area contributed by atoms with Gasteiger partial charge in [-0.15, -0.1) is 0 Å². The molecule has 0 bridgehead atoms.